The fourth-order valence-electron chi connectivity index (χ4n) is 5.27. The van der Waals surface area contributed by atoms with E-state index in [1.165, 1.54) is 0 Å². The highest BCUT2D eigenvalue weighted by atomic mass is 32.2. The van der Waals surface area contributed by atoms with E-state index >= 15 is 0 Å². The molecule has 0 aliphatic heterocycles. The molecule has 2 aromatic carbocycles. The van der Waals surface area contributed by atoms with Crippen molar-refractivity contribution in [1.82, 2.24) is 0 Å². The number of aromatic hydroxyl groups is 2. The number of esters is 2. The van der Waals surface area contributed by atoms with Crippen LogP contribution in [0.5, 0.6) is 11.5 Å². The molecule has 0 aromatic heterocycles. The monoisotopic (exact) mass is 656 g/mol. The van der Waals surface area contributed by atoms with Crippen LogP contribution >= 0.6 is 11.8 Å². The van der Waals surface area contributed by atoms with E-state index in [0.29, 0.717) is 49.1 Å². The number of carbonyl (C=O) groups excluding carboxylic acids is 2. The molecule has 46 heavy (non-hydrogen) atoms. The van der Waals surface area contributed by atoms with Gasteiger partial charge in [0.1, 0.15) is 24.7 Å². The first-order chi connectivity index (χ1) is 21.1. The average molecular weight is 657 g/mol. The largest absolute Gasteiger partial charge is 0.507 e. The lowest BCUT2D eigenvalue weighted by Gasteiger charge is -2.30. The number of thioether (sulfide) groups is 1. The lowest BCUT2D eigenvalue weighted by molar-refractivity contribution is -0.143. The number of benzene rings is 2. The molecule has 2 rings (SSSR count). The van der Waals surface area contributed by atoms with Crippen molar-refractivity contribution in [3.63, 3.8) is 0 Å². The quantitative estimate of drug-likeness (QED) is 0.155. The van der Waals surface area contributed by atoms with Gasteiger partial charge in [0.05, 0.1) is 0 Å². The molecular weight excluding hydrogens is 596 g/mol. The van der Waals surface area contributed by atoms with Gasteiger partial charge < -0.3 is 19.7 Å². The normalized spacial score (nSPS) is 12.7. The van der Waals surface area contributed by atoms with Crippen molar-refractivity contribution in [3.8, 4) is 11.5 Å². The van der Waals surface area contributed by atoms with Gasteiger partial charge in [-0.2, -0.15) is 11.8 Å². The summed E-state index contributed by atoms with van der Waals surface area (Å²) in [7, 11) is 0. The highest BCUT2D eigenvalue weighted by molar-refractivity contribution is 7.99. The molecule has 258 valence electrons. The molecule has 7 heteroatoms. The zero-order valence-corrected chi connectivity index (χ0v) is 31.4. The number of ether oxygens (including phenoxy) is 2. The molecule has 0 saturated carbocycles. The predicted molar refractivity (Wildman–Crippen MR) is 192 cm³/mol. The van der Waals surface area contributed by atoms with E-state index in [9.17, 15) is 19.8 Å². The molecule has 2 aromatic rings. The second kappa shape index (κ2) is 16.0. The first kappa shape index (κ1) is 39.5. The Morgan fingerprint density at radius 2 is 0.935 bits per heavy atom. The van der Waals surface area contributed by atoms with E-state index in [4.69, 9.17) is 9.47 Å². The first-order valence-electron chi connectivity index (χ1n) is 16.7. The zero-order valence-electron chi connectivity index (χ0n) is 30.6. The summed E-state index contributed by atoms with van der Waals surface area (Å²) in [5, 5.41) is 22.0. The Bertz CT molecular complexity index is 1300. The summed E-state index contributed by atoms with van der Waals surface area (Å²) in [5.41, 5.74) is 4.82. The molecule has 0 radical (unpaired) electrons. The van der Waals surface area contributed by atoms with Crippen LogP contribution in [0, 0.1) is 0 Å². The van der Waals surface area contributed by atoms with Crippen LogP contribution in [0.1, 0.15) is 136 Å². The Hall–Kier alpha value is -2.67. The molecule has 0 fully saturated rings. The Morgan fingerprint density at radius 3 is 1.26 bits per heavy atom. The summed E-state index contributed by atoms with van der Waals surface area (Å²) in [6.45, 7) is 25.7. The highest BCUT2D eigenvalue weighted by Gasteiger charge is 2.29. The summed E-state index contributed by atoms with van der Waals surface area (Å²) in [6.07, 6.45) is 2.54. The minimum atomic E-state index is -0.246. The van der Waals surface area contributed by atoms with Crippen molar-refractivity contribution >= 4 is 23.7 Å². The number of aryl methyl sites for hydroxylation is 2. The number of rotatable bonds is 14. The third-order valence-corrected chi connectivity index (χ3v) is 9.50. The van der Waals surface area contributed by atoms with Gasteiger partial charge in [-0.1, -0.05) is 107 Å². The fraction of sp³-hybridized carbons (Fsp3) is 0.641. The van der Waals surface area contributed by atoms with Crippen LogP contribution in [-0.2, 0) is 53.6 Å². The average Bonchev–Trinajstić information content (AvgIpc) is 2.93. The van der Waals surface area contributed by atoms with Gasteiger partial charge in [-0.25, -0.2) is 0 Å². The van der Waals surface area contributed by atoms with Crippen LogP contribution in [0.4, 0.5) is 0 Å². The first-order valence-corrected chi connectivity index (χ1v) is 17.9. The van der Waals surface area contributed by atoms with Crippen LogP contribution in [0.3, 0.4) is 0 Å². The lowest BCUT2D eigenvalue weighted by Crippen LogP contribution is -2.20. The lowest BCUT2D eigenvalue weighted by atomic mass is 9.76. The van der Waals surface area contributed by atoms with Gasteiger partial charge in [0, 0.05) is 29.9 Å². The predicted octanol–water partition coefficient (Wildman–Crippen LogP) is 9.06. The summed E-state index contributed by atoms with van der Waals surface area (Å²) < 4.78 is 10.9. The van der Waals surface area contributed by atoms with E-state index in [0.717, 1.165) is 39.8 Å². The minimum absolute atomic E-state index is 0.175. The molecule has 0 atom stereocenters. The fourth-order valence-corrected chi connectivity index (χ4v) is 5.87. The summed E-state index contributed by atoms with van der Waals surface area (Å²) in [4.78, 5) is 24.9. The molecule has 0 aliphatic carbocycles. The van der Waals surface area contributed by atoms with Gasteiger partial charge in [0.25, 0.3) is 0 Å². The van der Waals surface area contributed by atoms with E-state index in [2.05, 4.69) is 83.1 Å². The smallest absolute Gasteiger partial charge is 0.306 e. The molecule has 0 saturated heterocycles. The number of hydrogen-bond acceptors (Lipinski definition) is 7. The molecule has 0 amide bonds. The zero-order chi connectivity index (χ0) is 35.1. The Kier molecular flexibility index (Phi) is 13.7. The van der Waals surface area contributed by atoms with Crippen molar-refractivity contribution in [2.75, 3.05) is 24.7 Å². The van der Waals surface area contributed by atoms with Gasteiger partial charge in [-0.15, -0.1) is 0 Å². The second-order valence-corrected chi connectivity index (χ2v) is 17.3. The van der Waals surface area contributed by atoms with Gasteiger partial charge in [0.2, 0.25) is 0 Å². The third-order valence-electron chi connectivity index (χ3n) is 8.59. The number of phenolic OH excluding ortho intramolecular Hbond substituents is 2. The molecular formula is C39H60O6S. The Balaban J connectivity index is 1.77. The van der Waals surface area contributed by atoms with Crippen molar-refractivity contribution < 1.29 is 29.3 Å². The van der Waals surface area contributed by atoms with Gasteiger partial charge in [0.15, 0.2) is 0 Å². The van der Waals surface area contributed by atoms with Crippen LogP contribution in [-0.4, -0.2) is 46.9 Å². The summed E-state index contributed by atoms with van der Waals surface area (Å²) in [5.74, 6) is 1.46. The molecule has 0 unspecified atom stereocenters. The van der Waals surface area contributed by atoms with E-state index < -0.39 is 0 Å². The Labute approximate surface area is 283 Å². The SMILES string of the molecule is CCC(C)(C)c1cc(CCC(=O)OCCSCCOC(=O)CCc2cc(C(C)(C)C)c(O)c(C(C)(C)C)c2)cc(C(C)(C)C)c1O. The topological polar surface area (TPSA) is 93.1 Å². The molecule has 0 heterocycles. The van der Waals surface area contributed by atoms with Crippen LogP contribution in [0.15, 0.2) is 24.3 Å². The van der Waals surface area contributed by atoms with E-state index in [1.54, 1.807) is 11.8 Å². The van der Waals surface area contributed by atoms with Crippen LogP contribution in [0.25, 0.3) is 0 Å². The minimum Gasteiger partial charge on any atom is -0.507 e. The van der Waals surface area contributed by atoms with Gasteiger partial charge >= 0.3 is 11.9 Å². The maximum Gasteiger partial charge on any atom is 0.306 e. The number of phenols is 2. The van der Waals surface area contributed by atoms with Crippen LogP contribution in [0.2, 0.25) is 0 Å². The standard InChI is InChI=1S/C39H60O6S/c1-13-39(11,12)31-25-27(24-30(35(31)43)38(8,9)10)15-17-33(41)45-19-21-46-20-18-44-32(40)16-14-26-22-28(36(2,3)4)34(42)29(23-26)37(5,6)7/h22-25,42-43H,13-21H2,1-12H3. The highest BCUT2D eigenvalue weighted by Crippen LogP contribution is 2.42. The number of carbonyl (C=O) groups is 2. The molecule has 0 aliphatic rings. The van der Waals surface area contributed by atoms with E-state index in [-0.39, 0.29) is 46.4 Å². The van der Waals surface area contributed by atoms with Crippen molar-refractivity contribution in [1.29, 1.82) is 0 Å². The molecule has 0 spiro atoms. The third kappa shape index (κ3) is 11.5. The van der Waals surface area contributed by atoms with E-state index in [1.807, 2.05) is 24.3 Å². The molecule has 2 N–H and O–H groups in total. The maximum absolute atomic E-state index is 12.5. The molecule has 6 nitrogen and oxygen atoms in total. The van der Waals surface area contributed by atoms with Crippen molar-refractivity contribution in [2.24, 2.45) is 0 Å². The second-order valence-electron chi connectivity index (χ2n) is 16.1. The van der Waals surface area contributed by atoms with Crippen LogP contribution < -0.4 is 0 Å². The summed E-state index contributed by atoms with van der Waals surface area (Å²) >= 11 is 1.58. The van der Waals surface area contributed by atoms with Gasteiger partial charge in [-0.3, -0.25) is 9.59 Å². The van der Waals surface area contributed by atoms with Gasteiger partial charge in [-0.05, 0) is 68.7 Å². The van der Waals surface area contributed by atoms with Crippen molar-refractivity contribution in [2.45, 2.75) is 137 Å². The number of hydrogen-bond donors (Lipinski definition) is 2. The summed E-state index contributed by atoms with van der Waals surface area (Å²) in [6, 6.07) is 8.07. The van der Waals surface area contributed by atoms with Crippen molar-refractivity contribution in [3.05, 3.63) is 57.6 Å². The molecule has 0 bridgehead atoms. The maximum atomic E-state index is 12.5. The Morgan fingerprint density at radius 1 is 0.609 bits per heavy atom.